The Bertz CT molecular complexity index is 1880. The number of amides is 3. The van der Waals surface area contributed by atoms with Crippen LogP contribution in [0, 0.1) is 23.2 Å². The summed E-state index contributed by atoms with van der Waals surface area (Å²) in [5.74, 6) is 0.449. The Hall–Kier alpha value is -4.14. The third-order valence-electron chi connectivity index (χ3n) is 11.7. The minimum absolute atomic E-state index is 0.0147. The van der Waals surface area contributed by atoms with E-state index in [0.717, 1.165) is 18.4 Å². The molecule has 57 heavy (non-hydrogen) atoms. The van der Waals surface area contributed by atoms with Gasteiger partial charge in [0, 0.05) is 32.1 Å². The van der Waals surface area contributed by atoms with E-state index in [1.54, 1.807) is 18.2 Å². The van der Waals surface area contributed by atoms with Gasteiger partial charge in [0.25, 0.3) is 0 Å². The number of rotatable bonds is 15. The topological polar surface area (TPSA) is 164 Å². The maximum atomic E-state index is 14.7. The Morgan fingerprint density at radius 1 is 1.02 bits per heavy atom. The molecule has 2 heterocycles. The first kappa shape index (κ1) is 42.5. The van der Waals surface area contributed by atoms with Crippen LogP contribution in [0.4, 0.5) is 4.79 Å². The summed E-state index contributed by atoms with van der Waals surface area (Å²) in [7, 11) is 4.32. The molecular formula is C42H57ClN4O10. The second kappa shape index (κ2) is 17.0. The molecule has 1 saturated heterocycles. The number of nitrogens with one attached hydrogen (secondary N) is 2. The van der Waals surface area contributed by atoms with Gasteiger partial charge in [-0.1, -0.05) is 51.3 Å². The molecule has 2 N–H and O–H groups in total. The molecule has 0 unspecified atom stereocenters. The predicted octanol–water partition coefficient (Wildman–Crippen LogP) is 6.05. The zero-order chi connectivity index (χ0) is 41.4. The van der Waals surface area contributed by atoms with Crippen LogP contribution in [-0.2, 0) is 33.3 Å². The number of benzene rings is 1. The zero-order valence-corrected chi connectivity index (χ0v) is 35.2. The molecule has 4 fully saturated rings. The summed E-state index contributed by atoms with van der Waals surface area (Å²) >= 11 is 6.91. The van der Waals surface area contributed by atoms with Crippen molar-refractivity contribution in [2.75, 3.05) is 34.5 Å². The quantitative estimate of drug-likeness (QED) is 0.159. The van der Waals surface area contributed by atoms with Gasteiger partial charge in [-0.15, -0.1) is 0 Å². The molecule has 0 radical (unpaired) electrons. The molecular weight excluding hydrogens is 756 g/mol. The summed E-state index contributed by atoms with van der Waals surface area (Å²) in [5.41, 5.74) is 0.0700. The highest BCUT2D eigenvalue weighted by molar-refractivity contribution is 6.36. The molecule has 8 atom stereocenters. The molecule has 312 valence electrons. The fraction of sp³-hybridized carbons (Fsp3) is 0.643. The molecule has 4 aliphatic rings. The Labute approximate surface area is 339 Å². The molecule has 2 aromatic rings. The van der Waals surface area contributed by atoms with E-state index in [1.165, 1.54) is 32.7 Å². The second-order valence-electron chi connectivity index (χ2n) is 17.2. The van der Waals surface area contributed by atoms with Crippen LogP contribution in [0.2, 0.25) is 5.02 Å². The van der Waals surface area contributed by atoms with Crippen molar-refractivity contribution in [2.24, 2.45) is 23.2 Å². The molecule has 15 heteroatoms. The van der Waals surface area contributed by atoms with Crippen LogP contribution in [-0.4, -0.2) is 104 Å². The zero-order valence-electron chi connectivity index (χ0n) is 34.4. The van der Waals surface area contributed by atoms with Crippen molar-refractivity contribution in [3.63, 3.8) is 0 Å². The van der Waals surface area contributed by atoms with Gasteiger partial charge in [0.05, 0.1) is 24.9 Å². The summed E-state index contributed by atoms with van der Waals surface area (Å²) in [6, 6.07) is 3.23. The number of hydrogen-bond acceptors (Lipinski definition) is 11. The van der Waals surface area contributed by atoms with E-state index in [0.29, 0.717) is 52.8 Å². The number of aromatic nitrogens is 1. The number of halogens is 1. The van der Waals surface area contributed by atoms with Crippen molar-refractivity contribution < 1.29 is 47.6 Å². The highest BCUT2D eigenvalue weighted by Crippen LogP contribution is 2.52. The SMILES string of the molecule is CC[C@@H]1C[C@]1(NC(=O)[C@@H]1C[C@@H](Oc2cc(C=C(C)C)nc3c(Cl)c(OCC(OC)OC)ccc23)CN1C(=O)[C@@H](NC(=O)O[C@@H]1C[C@@H]2C[C@@H]2C1)C(C)(C)C)C(=O)OC. The first-order valence-electron chi connectivity index (χ1n) is 19.8. The van der Waals surface area contributed by atoms with E-state index in [1.807, 2.05) is 47.6 Å². The van der Waals surface area contributed by atoms with Crippen LogP contribution in [0.5, 0.6) is 11.5 Å². The number of alkyl carbamates (subject to hydrolysis) is 1. The third-order valence-corrected chi connectivity index (χ3v) is 12.1. The molecule has 1 aromatic carbocycles. The normalized spacial score (nSPS) is 26.7. The first-order valence-corrected chi connectivity index (χ1v) is 20.2. The van der Waals surface area contributed by atoms with Crippen molar-refractivity contribution in [2.45, 2.75) is 116 Å². The number of allylic oxidation sites excluding steroid dienone is 1. The lowest BCUT2D eigenvalue weighted by Crippen LogP contribution is -2.59. The van der Waals surface area contributed by atoms with Crippen LogP contribution < -0.4 is 20.1 Å². The second-order valence-corrected chi connectivity index (χ2v) is 17.6. The van der Waals surface area contributed by atoms with Crippen molar-refractivity contribution >= 4 is 52.5 Å². The van der Waals surface area contributed by atoms with Gasteiger partial charge in [-0.2, -0.15) is 0 Å². The molecule has 14 nitrogen and oxygen atoms in total. The van der Waals surface area contributed by atoms with Crippen LogP contribution in [0.25, 0.3) is 17.0 Å². The van der Waals surface area contributed by atoms with Crippen LogP contribution in [0.3, 0.4) is 0 Å². The summed E-state index contributed by atoms with van der Waals surface area (Å²) in [6.45, 7) is 11.5. The maximum Gasteiger partial charge on any atom is 0.408 e. The Balaban J connectivity index is 1.30. The summed E-state index contributed by atoms with van der Waals surface area (Å²) in [5, 5.41) is 6.67. The monoisotopic (exact) mass is 812 g/mol. The Morgan fingerprint density at radius 3 is 2.32 bits per heavy atom. The smallest absolute Gasteiger partial charge is 0.408 e. The number of fused-ring (bicyclic) bond motifs is 2. The molecule has 1 aliphatic heterocycles. The van der Waals surface area contributed by atoms with Gasteiger partial charge in [-0.05, 0) is 80.9 Å². The fourth-order valence-corrected chi connectivity index (χ4v) is 8.65. The molecule has 0 bridgehead atoms. The number of esters is 1. The number of likely N-dealkylation sites (tertiary alicyclic amines) is 1. The highest BCUT2D eigenvalue weighted by atomic mass is 35.5. The lowest BCUT2D eigenvalue weighted by Gasteiger charge is -2.35. The van der Waals surface area contributed by atoms with Gasteiger partial charge >= 0.3 is 12.1 Å². The van der Waals surface area contributed by atoms with Gasteiger partial charge in [-0.25, -0.2) is 14.6 Å². The molecule has 3 amide bonds. The summed E-state index contributed by atoms with van der Waals surface area (Å²) < 4.78 is 34.1. The standard InChI is InChI=1S/C42H57ClN4O10/c1-10-25-19-42(25,39(50)54-9)46-37(48)30-18-28(20-47(30)38(49)36(41(4,5)6)45-40(51)57-27-15-23-14-24(23)16-27)56-32-17-26(13-22(2)3)44-35-29(32)11-12-31(34(35)43)55-21-33(52-7)53-8/h11-13,17,23-25,27-28,30,33,36H,10,14-16,18-21H2,1-9H3,(H,45,51)(H,46,48)/t23-,24+,25-,27+,28-,30+,36-,42-/m1/s1. The lowest BCUT2D eigenvalue weighted by atomic mass is 9.85. The average molecular weight is 813 g/mol. The minimum atomic E-state index is -1.18. The van der Waals surface area contributed by atoms with E-state index in [-0.39, 0.29) is 36.6 Å². The van der Waals surface area contributed by atoms with Gasteiger partial charge in [0.1, 0.15) is 53.0 Å². The number of carbonyl (C=O) groups is 4. The minimum Gasteiger partial charge on any atom is -0.488 e. The van der Waals surface area contributed by atoms with Gasteiger partial charge in [-0.3, -0.25) is 9.59 Å². The number of pyridine rings is 1. The molecule has 3 aliphatic carbocycles. The van der Waals surface area contributed by atoms with Gasteiger partial charge in [0.2, 0.25) is 11.8 Å². The molecule has 0 spiro atoms. The van der Waals surface area contributed by atoms with Crippen molar-refractivity contribution in [3.8, 4) is 11.5 Å². The summed E-state index contributed by atoms with van der Waals surface area (Å²) in [4.78, 5) is 61.6. The Morgan fingerprint density at radius 2 is 1.72 bits per heavy atom. The number of hydrogen-bond donors (Lipinski definition) is 2. The van der Waals surface area contributed by atoms with E-state index < -0.39 is 59.3 Å². The molecule has 6 rings (SSSR count). The number of carbonyl (C=O) groups excluding carboxylic acids is 4. The number of methoxy groups -OCH3 is 3. The maximum absolute atomic E-state index is 14.7. The summed E-state index contributed by atoms with van der Waals surface area (Å²) in [6.07, 6.45) is 3.81. The van der Waals surface area contributed by atoms with Crippen molar-refractivity contribution in [1.82, 2.24) is 20.5 Å². The van der Waals surface area contributed by atoms with E-state index in [2.05, 4.69) is 10.6 Å². The van der Waals surface area contributed by atoms with Crippen LogP contribution in [0.15, 0.2) is 23.8 Å². The van der Waals surface area contributed by atoms with Crippen LogP contribution in [0.1, 0.15) is 85.8 Å². The number of ether oxygens (including phenoxy) is 6. The van der Waals surface area contributed by atoms with E-state index in [9.17, 15) is 19.2 Å². The Kier molecular flexibility index (Phi) is 12.7. The lowest BCUT2D eigenvalue weighted by molar-refractivity contribution is -0.148. The van der Waals surface area contributed by atoms with Crippen molar-refractivity contribution in [1.29, 1.82) is 0 Å². The van der Waals surface area contributed by atoms with Crippen LogP contribution >= 0.6 is 11.6 Å². The average Bonchev–Trinajstić information content (AvgIpc) is 3.97. The van der Waals surface area contributed by atoms with E-state index >= 15 is 0 Å². The first-order chi connectivity index (χ1) is 27.0. The highest BCUT2D eigenvalue weighted by Gasteiger charge is 2.62. The molecule has 1 aromatic heterocycles. The van der Waals surface area contributed by atoms with E-state index in [4.69, 9.17) is 45.0 Å². The largest absolute Gasteiger partial charge is 0.488 e. The van der Waals surface area contributed by atoms with Gasteiger partial charge < -0.3 is 44.0 Å². The van der Waals surface area contributed by atoms with Crippen molar-refractivity contribution in [3.05, 3.63) is 34.5 Å². The predicted molar refractivity (Wildman–Crippen MR) is 213 cm³/mol. The van der Waals surface area contributed by atoms with Gasteiger partial charge in [0.15, 0.2) is 6.29 Å². The fourth-order valence-electron chi connectivity index (χ4n) is 8.39. The molecule has 3 saturated carbocycles. The third kappa shape index (κ3) is 9.28. The number of nitrogens with zero attached hydrogens (tertiary/aromatic N) is 2.